The van der Waals surface area contributed by atoms with Crippen molar-refractivity contribution < 1.29 is 137 Å². The molecular weight excluding hydrogens is 1190 g/mol. The van der Waals surface area contributed by atoms with Gasteiger partial charge in [0.1, 0.15) is 53.8 Å². The normalized spacial score (nSPS) is 25.2. The summed E-state index contributed by atoms with van der Waals surface area (Å²) in [5, 5.41) is 43.7. The van der Waals surface area contributed by atoms with Crippen molar-refractivity contribution in [3.8, 4) is 11.5 Å². The van der Waals surface area contributed by atoms with Crippen LogP contribution < -0.4 is 104 Å². The van der Waals surface area contributed by atoms with E-state index >= 15 is 0 Å². The van der Waals surface area contributed by atoms with Gasteiger partial charge in [-0.05, 0) is 128 Å². The summed E-state index contributed by atoms with van der Waals surface area (Å²) in [4.78, 5) is 114. The van der Waals surface area contributed by atoms with Gasteiger partial charge in [-0.15, -0.1) is 0 Å². The molecule has 3 aliphatic rings. The Bertz CT molecular complexity index is 2990. The van der Waals surface area contributed by atoms with Gasteiger partial charge in [0.2, 0.25) is 41.4 Å². The van der Waals surface area contributed by atoms with Crippen LogP contribution in [0.25, 0.3) is 0 Å². The average molecular weight is 1280 g/mol. The minimum Gasteiger partial charge on any atom is -0.861 e. The Labute approximate surface area is 554 Å². The quantitative estimate of drug-likeness (QED) is 0.0578. The molecule has 3 heterocycles. The maximum absolute atomic E-state index is 14.9. The number of hydrogen-bond acceptors (Lipinski definition) is 17. The van der Waals surface area contributed by atoms with Crippen molar-refractivity contribution in [1.82, 2.24) is 36.4 Å². The molecule has 2 aromatic carbocycles. The van der Waals surface area contributed by atoms with Gasteiger partial charge >= 0.3 is 79.9 Å². The molecule has 7 amide bonds. The molecule has 87 heavy (non-hydrogen) atoms. The SMILES string of the molecule is CC[C@H](C)[C@@H]1NC(=O)[C@H](CC(C)C)N=C([O-])[C@H](Cc2ccc(OS(=O)(=O)O)cc2)N=C([O-])[C@H](Cc2ccc(OS(=O)(=O)O)cc2)NC(=O)[C@@H]2CCCN2C(=O)[C@@H]2CCCN2C(=O)[C@H](C(C)C)NC(=O)[C@H](CC(C)C)NC(=O)[C@H]([C@@H](C)CC)NC1=O.[Na+].[Na+]. The Morgan fingerprint density at radius 1 is 0.529 bits per heavy atom. The fraction of sp³-hybridized carbons (Fsp3) is 0.632. The number of fused-ring (bicyclic) bond motifs is 2. The first kappa shape index (κ1) is 76.3. The van der Waals surface area contributed by atoms with Crippen molar-refractivity contribution >= 4 is 73.9 Å². The third-order valence-corrected chi connectivity index (χ3v) is 16.2. The van der Waals surface area contributed by atoms with Gasteiger partial charge in [-0.3, -0.25) is 52.7 Å². The van der Waals surface area contributed by atoms with Gasteiger partial charge in [0.05, 0.1) is 12.1 Å². The summed E-state index contributed by atoms with van der Waals surface area (Å²) >= 11 is 0. The van der Waals surface area contributed by atoms with Crippen molar-refractivity contribution in [3.05, 3.63) is 59.7 Å². The van der Waals surface area contributed by atoms with Gasteiger partial charge in [-0.2, -0.15) is 16.8 Å². The minimum atomic E-state index is -4.95. The fourth-order valence-corrected chi connectivity index (χ4v) is 11.2. The van der Waals surface area contributed by atoms with Crippen LogP contribution in [-0.4, -0.2) is 156 Å². The summed E-state index contributed by atoms with van der Waals surface area (Å²) in [5.41, 5.74) is 0.520. The second kappa shape index (κ2) is 34.3. The molecule has 0 unspecified atom stereocenters. The van der Waals surface area contributed by atoms with Crippen LogP contribution in [-0.2, 0) is 67.2 Å². The topological polar surface area (TPSA) is 384 Å². The molecule has 0 saturated carbocycles. The first-order valence-corrected chi connectivity index (χ1v) is 31.7. The maximum Gasteiger partial charge on any atom is 1.00 e. The Morgan fingerprint density at radius 3 is 1.43 bits per heavy atom. The maximum atomic E-state index is 14.9. The summed E-state index contributed by atoms with van der Waals surface area (Å²) < 4.78 is 73.7. The zero-order chi connectivity index (χ0) is 63.2. The summed E-state index contributed by atoms with van der Waals surface area (Å²) in [5.74, 6) is -9.86. The Balaban J connectivity index is 0.00000990. The molecule has 0 radical (unpaired) electrons. The van der Waals surface area contributed by atoms with Crippen LogP contribution in [0.3, 0.4) is 0 Å². The molecule has 30 heteroatoms. The Hall–Kier alpha value is -4.91. The second-order valence-corrected chi connectivity index (χ2v) is 25.5. The Morgan fingerprint density at radius 2 is 0.954 bits per heavy atom. The Kier molecular flexibility index (Phi) is 30.1. The molecule has 472 valence electrons. The number of rotatable bonds is 17. The minimum absolute atomic E-state index is 0. The summed E-state index contributed by atoms with van der Waals surface area (Å²) in [6.45, 7) is 17.9. The van der Waals surface area contributed by atoms with Gasteiger partial charge in [0.25, 0.3) is 0 Å². The molecule has 5 rings (SSSR count). The van der Waals surface area contributed by atoms with Gasteiger partial charge < -0.3 is 55.0 Å². The van der Waals surface area contributed by atoms with Gasteiger partial charge in [0.15, 0.2) is 0 Å². The van der Waals surface area contributed by atoms with Crippen LogP contribution in [0.2, 0.25) is 0 Å². The number of carbonyl (C=O) groups excluding carboxylic acids is 7. The zero-order valence-electron chi connectivity index (χ0n) is 51.8. The zero-order valence-corrected chi connectivity index (χ0v) is 57.4. The summed E-state index contributed by atoms with van der Waals surface area (Å²) in [7, 11) is -9.89. The predicted molar refractivity (Wildman–Crippen MR) is 309 cm³/mol. The predicted octanol–water partition coefficient (Wildman–Crippen LogP) is -4.64. The number of amides is 7. The van der Waals surface area contributed by atoms with Crippen molar-refractivity contribution in [2.45, 2.75) is 188 Å². The molecule has 0 bridgehead atoms. The number of carbonyl (C=O) groups is 7. The van der Waals surface area contributed by atoms with E-state index in [0.717, 1.165) is 12.1 Å². The molecular formula is C57H83N9Na2O17S2. The first-order chi connectivity index (χ1) is 39.8. The van der Waals surface area contributed by atoms with Crippen LogP contribution >= 0.6 is 0 Å². The van der Waals surface area contributed by atoms with E-state index in [2.05, 4.69) is 44.9 Å². The van der Waals surface area contributed by atoms with Gasteiger partial charge in [-0.1, -0.05) is 106 Å². The van der Waals surface area contributed by atoms with Crippen molar-refractivity contribution in [3.63, 3.8) is 0 Å². The molecule has 26 nitrogen and oxygen atoms in total. The van der Waals surface area contributed by atoms with Crippen LogP contribution in [0.1, 0.15) is 132 Å². The summed E-state index contributed by atoms with van der Waals surface area (Å²) in [6.07, 6.45) is 1.07. The van der Waals surface area contributed by atoms with Crippen LogP contribution in [0.4, 0.5) is 0 Å². The number of aliphatic imine (C=N–C) groups is 2. The molecule has 2 aromatic rings. The van der Waals surface area contributed by atoms with E-state index in [4.69, 9.17) is 0 Å². The van der Waals surface area contributed by atoms with E-state index in [1.165, 1.54) is 46.2 Å². The summed E-state index contributed by atoms with van der Waals surface area (Å²) in [6, 6.07) is -2.18. The third-order valence-electron chi connectivity index (χ3n) is 15.4. The number of nitrogens with one attached hydrogen (secondary N) is 5. The van der Waals surface area contributed by atoms with E-state index in [1.807, 2.05) is 20.8 Å². The number of nitrogens with zero attached hydrogens (tertiary/aromatic N) is 4. The standard InChI is InChI=1S/C57H85N9O17S2.2Na/c1-11-34(9)47-54(72)61-41(28-32(5)6)51(69)62-46(33(7)8)57(75)66-26-14-16-45(66)56(74)65-25-13-15-44(65)53(71)60-43(30-37-19-23-39(24-20-37)83-85(79,80)81)50(68)59-42(29-36-17-21-38(22-18-36)82-84(76,77)78)49(67)58-40(27-31(3)4)52(70)63-48(35(10)12-2)55(73)64-47;;/h17-24,31-35,40-48H,11-16,25-30H2,1-10H3,(H,58,67)(H,59,68)(H,60,71)(H,61,72)(H,62,69)(H,63,70)(H,64,73)(H,76,77,78)(H,79,80,81);;/q;2*+1/p-2/t34-,35-,40-,41-,42-,43-,44-,45-,46-,47-,48-;;/m0../s1. The third kappa shape index (κ3) is 22.8. The molecule has 11 atom stereocenters. The number of hydrogen-bond donors (Lipinski definition) is 7. The smallest absolute Gasteiger partial charge is 0.861 e. The van der Waals surface area contributed by atoms with E-state index < -0.39 is 152 Å². The molecule has 2 saturated heterocycles. The van der Waals surface area contributed by atoms with Crippen molar-refractivity contribution in [2.75, 3.05) is 13.1 Å². The second-order valence-electron chi connectivity index (χ2n) is 23.4. The molecule has 2 fully saturated rings. The van der Waals surface area contributed by atoms with Gasteiger partial charge in [0, 0.05) is 13.1 Å². The molecule has 3 aliphatic heterocycles. The van der Waals surface area contributed by atoms with Gasteiger partial charge in [-0.25, -0.2) is 0 Å². The molecule has 7 N–H and O–H groups in total. The van der Waals surface area contributed by atoms with Crippen molar-refractivity contribution in [2.24, 2.45) is 39.6 Å². The molecule has 0 aromatic heterocycles. The average Bonchev–Trinajstić information content (AvgIpc) is 3.13. The molecule has 0 aliphatic carbocycles. The van der Waals surface area contributed by atoms with E-state index in [1.54, 1.807) is 48.5 Å². The van der Waals surface area contributed by atoms with Crippen LogP contribution in [0, 0.1) is 29.6 Å². The van der Waals surface area contributed by atoms with Crippen LogP contribution in [0.15, 0.2) is 58.5 Å². The van der Waals surface area contributed by atoms with E-state index in [-0.39, 0.29) is 139 Å². The molecule has 0 spiro atoms. The van der Waals surface area contributed by atoms with E-state index in [9.17, 15) is 69.7 Å². The fourth-order valence-electron chi connectivity index (χ4n) is 10.5. The monoisotopic (exact) mass is 1280 g/mol. The first-order valence-electron chi connectivity index (χ1n) is 28.9. The number of benzene rings is 2. The van der Waals surface area contributed by atoms with E-state index in [0.29, 0.717) is 25.7 Å². The largest absolute Gasteiger partial charge is 1.00 e. The van der Waals surface area contributed by atoms with Crippen LogP contribution in [0.5, 0.6) is 11.5 Å². The van der Waals surface area contributed by atoms with Crippen molar-refractivity contribution in [1.29, 1.82) is 0 Å².